The van der Waals surface area contributed by atoms with Crippen LogP contribution in [0.25, 0.3) is 0 Å². The molecule has 0 bridgehead atoms. The van der Waals surface area contributed by atoms with Gasteiger partial charge in [0, 0.05) is 8.07 Å². The number of nitrogens with two attached hydrogens (primary N) is 2. The van der Waals surface area contributed by atoms with Gasteiger partial charge in [-0.2, -0.15) is 5.26 Å². The van der Waals surface area contributed by atoms with Crippen molar-refractivity contribution in [3.63, 3.8) is 0 Å². The maximum atomic E-state index is 8.75. The lowest BCUT2D eigenvalue weighted by molar-refractivity contribution is 1.18. The molecule has 0 aliphatic rings. The third kappa shape index (κ3) is 6.19. The highest BCUT2D eigenvalue weighted by molar-refractivity contribution is 6.76. The van der Waals surface area contributed by atoms with E-state index < -0.39 is 8.07 Å². The fourth-order valence-electron chi connectivity index (χ4n) is 0.797. The number of hydrazone groups is 1. The Labute approximate surface area is 85.5 Å². The Balaban J connectivity index is 4.34. The van der Waals surface area contributed by atoms with E-state index in [9.17, 15) is 0 Å². The van der Waals surface area contributed by atoms with Crippen LogP contribution >= 0.6 is 0 Å². The van der Waals surface area contributed by atoms with Crippen LogP contribution in [-0.2, 0) is 0 Å². The largest absolute Gasteiger partial charge is 0.367 e. The van der Waals surface area contributed by atoms with E-state index >= 15 is 0 Å². The second-order valence-electron chi connectivity index (χ2n) is 4.22. The average Bonchev–Trinajstić information content (AvgIpc) is 2.10. The van der Waals surface area contributed by atoms with Crippen LogP contribution in [0.5, 0.6) is 0 Å². The second-order valence-corrected chi connectivity index (χ2v) is 9.84. The third-order valence-electron chi connectivity index (χ3n) is 1.62. The molecular weight excluding hydrogens is 194 g/mol. The Morgan fingerprint density at radius 1 is 1.43 bits per heavy atom. The zero-order chi connectivity index (χ0) is 11.2. The highest BCUT2D eigenvalue weighted by Crippen LogP contribution is 2.11. The number of nitrogens with zero attached hydrogens (tertiary/aromatic N) is 3. The first-order chi connectivity index (χ1) is 6.39. The SMILES string of the molecule is C[Si](C)(C)CCC(C#N)=NC(N)=NN. The van der Waals surface area contributed by atoms with Gasteiger partial charge in [0.25, 0.3) is 0 Å². The fourth-order valence-corrected chi connectivity index (χ4v) is 1.78. The molecule has 0 aliphatic heterocycles. The highest BCUT2D eigenvalue weighted by atomic mass is 28.3. The van der Waals surface area contributed by atoms with Crippen molar-refractivity contribution in [2.24, 2.45) is 21.7 Å². The molecule has 6 heteroatoms. The molecular formula is C8H17N5Si. The molecule has 0 aromatic heterocycles. The summed E-state index contributed by atoms with van der Waals surface area (Å²) >= 11 is 0. The maximum absolute atomic E-state index is 8.75. The van der Waals surface area contributed by atoms with Crippen LogP contribution < -0.4 is 11.6 Å². The molecule has 78 valence electrons. The summed E-state index contributed by atoms with van der Waals surface area (Å²) in [5, 5.41) is 11.9. The predicted molar refractivity (Wildman–Crippen MR) is 61.6 cm³/mol. The lowest BCUT2D eigenvalue weighted by atomic mass is 10.3. The van der Waals surface area contributed by atoms with Gasteiger partial charge in [-0.1, -0.05) is 25.7 Å². The van der Waals surface area contributed by atoms with Crippen LogP contribution in [0.1, 0.15) is 6.42 Å². The molecule has 0 atom stereocenters. The lowest BCUT2D eigenvalue weighted by Gasteiger charge is -2.13. The van der Waals surface area contributed by atoms with Crippen molar-refractivity contribution >= 4 is 19.7 Å². The minimum atomic E-state index is -1.14. The summed E-state index contributed by atoms with van der Waals surface area (Å²) in [6.07, 6.45) is 0.655. The van der Waals surface area contributed by atoms with Gasteiger partial charge in [-0.05, 0) is 6.42 Å². The molecule has 0 radical (unpaired) electrons. The molecule has 0 saturated carbocycles. The topological polar surface area (TPSA) is 101 Å². The summed E-state index contributed by atoms with van der Waals surface area (Å²) in [5.41, 5.74) is 5.69. The number of hydrogen-bond acceptors (Lipinski definition) is 3. The van der Waals surface area contributed by atoms with E-state index in [1.807, 2.05) is 6.07 Å². The number of hydrogen-bond donors (Lipinski definition) is 2. The predicted octanol–water partition coefficient (Wildman–Crippen LogP) is 0.868. The van der Waals surface area contributed by atoms with Crippen LogP contribution in [0.2, 0.25) is 25.7 Å². The number of guanidine groups is 1. The van der Waals surface area contributed by atoms with E-state index in [0.29, 0.717) is 12.1 Å². The summed E-state index contributed by atoms with van der Waals surface area (Å²) in [6.45, 7) is 6.72. The minimum Gasteiger partial charge on any atom is -0.367 e. The standard InChI is InChI=1S/C8H17N5Si/c1-14(2,3)5-4-7(6-9)12-8(10)13-11/h4-5,11H2,1-3H3,(H2,10,13). The second kappa shape index (κ2) is 5.39. The van der Waals surface area contributed by atoms with Gasteiger partial charge in [-0.3, -0.25) is 0 Å². The molecule has 4 N–H and O–H groups in total. The average molecular weight is 211 g/mol. The van der Waals surface area contributed by atoms with E-state index in [2.05, 4.69) is 29.7 Å². The molecule has 0 unspecified atom stereocenters. The van der Waals surface area contributed by atoms with Crippen molar-refractivity contribution in [3.05, 3.63) is 0 Å². The maximum Gasteiger partial charge on any atom is 0.237 e. The zero-order valence-electron chi connectivity index (χ0n) is 8.91. The van der Waals surface area contributed by atoms with Crippen molar-refractivity contribution in [1.82, 2.24) is 0 Å². The van der Waals surface area contributed by atoms with Gasteiger partial charge in [0.15, 0.2) is 0 Å². The lowest BCUT2D eigenvalue weighted by Crippen LogP contribution is -2.21. The molecule has 0 amide bonds. The van der Waals surface area contributed by atoms with Crippen LogP contribution in [0, 0.1) is 11.3 Å². The Morgan fingerprint density at radius 2 is 2.00 bits per heavy atom. The summed E-state index contributed by atoms with van der Waals surface area (Å²) in [4.78, 5) is 3.80. The first-order valence-electron chi connectivity index (χ1n) is 4.40. The molecule has 0 aromatic carbocycles. The van der Waals surface area contributed by atoms with Crippen LogP contribution in [0.15, 0.2) is 10.1 Å². The van der Waals surface area contributed by atoms with E-state index in [1.54, 1.807) is 0 Å². The van der Waals surface area contributed by atoms with Gasteiger partial charge in [-0.15, -0.1) is 5.10 Å². The van der Waals surface area contributed by atoms with Gasteiger partial charge in [0.1, 0.15) is 11.8 Å². The van der Waals surface area contributed by atoms with Crippen molar-refractivity contribution in [2.45, 2.75) is 32.1 Å². The molecule has 0 fully saturated rings. The fraction of sp³-hybridized carbons (Fsp3) is 0.625. The van der Waals surface area contributed by atoms with Crippen molar-refractivity contribution in [3.8, 4) is 6.07 Å². The number of nitriles is 1. The summed E-state index contributed by atoms with van der Waals surface area (Å²) in [7, 11) is -1.14. The van der Waals surface area contributed by atoms with Gasteiger partial charge in [0.05, 0.1) is 0 Å². The van der Waals surface area contributed by atoms with Gasteiger partial charge < -0.3 is 11.6 Å². The Hall–Kier alpha value is -1.35. The van der Waals surface area contributed by atoms with Crippen molar-refractivity contribution < 1.29 is 0 Å². The zero-order valence-corrected chi connectivity index (χ0v) is 9.91. The first-order valence-corrected chi connectivity index (χ1v) is 8.11. The quantitative estimate of drug-likeness (QED) is 0.238. The monoisotopic (exact) mass is 211 g/mol. The molecule has 0 rings (SSSR count). The van der Waals surface area contributed by atoms with Gasteiger partial charge in [0.2, 0.25) is 5.96 Å². The van der Waals surface area contributed by atoms with E-state index in [4.69, 9.17) is 16.8 Å². The number of aliphatic imine (C=N–C) groups is 1. The van der Waals surface area contributed by atoms with Crippen molar-refractivity contribution in [2.75, 3.05) is 0 Å². The van der Waals surface area contributed by atoms with Gasteiger partial charge in [-0.25, -0.2) is 4.99 Å². The normalized spacial score (nSPS) is 13.9. The smallest absolute Gasteiger partial charge is 0.237 e. The molecule has 14 heavy (non-hydrogen) atoms. The number of rotatable bonds is 3. The van der Waals surface area contributed by atoms with Gasteiger partial charge >= 0.3 is 0 Å². The van der Waals surface area contributed by atoms with Crippen LogP contribution in [0.3, 0.4) is 0 Å². The summed E-state index contributed by atoms with van der Waals surface area (Å²) in [5.74, 6) is 4.87. The molecule has 0 saturated heterocycles. The van der Waals surface area contributed by atoms with E-state index in [1.165, 1.54) is 0 Å². The molecule has 0 aliphatic carbocycles. The summed E-state index contributed by atoms with van der Waals surface area (Å²) in [6, 6.07) is 3.01. The molecule has 0 spiro atoms. The molecule has 0 aromatic rings. The molecule has 5 nitrogen and oxygen atoms in total. The minimum absolute atomic E-state index is 0.0443. The third-order valence-corrected chi connectivity index (χ3v) is 3.37. The Kier molecular flexibility index (Phi) is 4.87. The van der Waals surface area contributed by atoms with Crippen molar-refractivity contribution in [1.29, 1.82) is 5.26 Å². The van der Waals surface area contributed by atoms with Crippen LogP contribution in [0.4, 0.5) is 0 Å². The Bertz CT molecular complexity index is 281. The van der Waals surface area contributed by atoms with Crippen LogP contribution in [-0.4, -0.2) is 19.7 Å². The molecule has 0 heterocycles. The van der Waals surface area contributed by atoms with E-state index in [-0.39, 0.29) is 5.96 Å². The van der Waals surface area contributed by atoms with E-state index in [0.717, 1.165) is 6.04 Å². The summed E-state index contributed by atoms with van der Waals surface area (Å²) < 4.78 is 0. The first kappa shape index (κ1) is 12.6. The highest BCUT2D eigenvalue weighted by Gasteiger charge is 2.14. The Morgan fingerprint density at radius 3 is 2.36 bits per heavy atom.